The molecule has 0 aromatic carbocycles. The minimum atomic E-state index is -0.571. The number of nitrogens with two attached hydrogens (primary N) is 1. The van der Waals surface area contributed by atoms with Crippen LogP contribution in [-0.4, -0.2) is 31.2 Å². The summed E-state index contributed by atoms with van der Waals surface area (Å²) in [6.07, 6.45) is 7.34. The number of hydrogen-bond donors (Lipinski definition) is 2. The zero-order valence-corrected chi connectivity index (χ0v) is 13.0. The van der Waals surface area contributed by atoms with Crippen molar-refractivity contribution in [2.45, 2.75) is 71.3 Å². The molecule has 0 aliphatic carbocycles. The number of rotatable bonds is 13. The molecule has 0 aliphatic heterocycles. The molecule has 1 amide bonds. The van der Waals surface area contributed by atoms with Gasteiger partial charge in [-0.05, 0) is 45.6 Å². The molecule has 0 heterocycles. The van der Waals surface area contributed by atoms with E-state index in [0.717, 1.165) is 51.9 Å². The summed E-state index contributed by atoms with van der Waals surface area (Å²) in [5.74, 6) is -0.259. The fourth-order valence-corrected chi connectivity index (χ4v) is 1.94. The first-order valence-electron chi connectivity index (χ1n) is 7.69. The van der Waals surface area contributed by atoms with Crippen LogP contribution in [-0.2, 0) is 9.53 Å². The van der Waals surface area contributed by atoms with Crippen molar-refractivity contribution in [3.63, 3.8) is 0 Å². The number of amides is 1. The zero-order valence-electron chi connectivity index (χ0n) is 13.0. The molecule has 0 saturated heterocycles. The van der Waals surface area contributed by atoms with E-state index in [1.54, 1.807) is 0 Å². The summed E-state index contributed by atoms with van der Waals surface area (Å²) >= 11 is 0. The highest BCUT2D eigenvalue weighted by Crippen LogP contribution is 2.13. The van der Waals surface area contributed by atoms with Crippen molar-refractivity contribution in [2.75, 3.05) is 19.8 Å². The van der Waals surface area contributed by atoms with Crippen molar-refractivity contribution in [1.29, 1.82) is 0 Å². The molecule has 0 aromatic heterocycles. The molecule has 1 unspecified atom stereocenters. The van der Waals surface area contributed by atoms with E-state index in [9.17, 15) is 4.79 Å². The predicted octanol–water partition coefficient (Wildman–Crippen LogP) is 2.61. The Bertz CT molecular complexity index is 234. The van der Waals surface area contributed by atoms with Gasteiger partial charge in [-0.1, -0.05) is 26.7 Å². The van der Waals surface area contributed by atoms with Gasteiger partial charge in [-0.15, -0.1) is 0 Å². The Labute approximate surface area is 118 Å². The molecule has 0 rings (SSSR count). The first-order chi connectivity index (χ1) is 9.06. The molecule has 0 aliphatic rings. The van der Waals surface area contributed by atoms with Gasteiger partial charge in [-0.3, -0.25) is 4.79 Å². The van der Waals surface area contributed by atoms with Gasteiger partial charge >= 0.3 is 0 Å². The second-order valence-electron chi connectivity index (χ2n) is 5.40. The minimum Gasteiger partial charge on any atom is -0.381 e. The molecule has 0 spiro atoms. The van der Waals surface area contributed by atoms with Gasteiger partial charge in [0, 0.05) is 13.2 Å². The summed E-state index contributed by atoms with van der Waals surface area (Å²) in [4.78, 5) is 11.5. The topological polar surface area (TPSA) is 64.3 Å². The summed E-state index contributed by atoms with van der Waals surface area (Å²) in [5, 5.41) is 3.25. The molecule has 0 aromatic rings. The minimum absolute atomic E-state index is 0.259. The lowest BCUT2D eigenvalue weighted by atomic mass is 9.94. The number of hydrogen-bond acceptors (Lipinski definition) is 3. The molecule has 0 saturated carbocycles. The van der Waals surface area contributed by atoms with Gasteiger partial charge in [-0.2, -0.15) is 0 Å². The second-order valence-corrected chi connectivity index (χ2v) is 5.40. The third kappa shape index (κ3) is 9.00. The number of primary amides is 1. The molecule has 114 valence electrons. The van der Waals surface area contributed by atoms with Crippen LogP contribution in [0.3, 0.4) is 0 Å². The highest BCUT2D eigenvalue weighted by atomic mass is 16.5. The summed E-state index contributed by atoms with van der Waals surface area (Å²) in [6.45, 7) is 8.63. The van der Waals surface area contributed by atoms with E-state index in [2.05, 4.69) is 19.2 Å². The Kier molecular flexibility index (Phi) is 10.9. The lowest BCUT2D eigenvalue weighted by Crippen LogP contribution is -2.53. The summed E-state index contributed by atoms with van der Waals surface area (Å²) < 4.78 is 5.56. The lowest BCUT2D eigenvalue weighted by molar-refractivity contribution is -0.124. The van der Waals surface area contributed by atoms with Crippen LogP contribution < -0.4 is 11.1 Å². The fraction of sp³-hybridized carbons (Fsp3) is 0.933. The molecule has 19 heavy (non-hydrogen) atoms. The normalized spacial score (nSPS) is 14.3. The maximum atomic E-state index is 11.5. The summed E-state index contributed by atoms with van der Waals surface area (Å²) in [5.41, 5.74) is 4.90. The summed E-state index contributed by atoms with van der Waals surface area (Å²) in [6, 6.07) is 0. The van der Waals surface area contributed by atoms with Gasteiger partial charge in [0.2, 0.25) is 5.91 Å². The van der Waals surface area contributed by atoms with Gasteiger partial charge in [0.25, 0.3) is 0 Å². The highest BCUT2D eigenvalue weighted by molar-refractivity contribution is 5.84. The predicted molar refractivity (Wildman–Crippen MR) is 80.1 cm³/mol. The van der Waals surface area contributed by atoms with E-state index < -0.39 is 5.54 Å². The van der Waals surface area contributed by atoms with E-state index in [1.165, 1.54) is 12.8 Å². The Balaban J connectivity index is 3.67. The maximum absolute atomic E-state index is 11.5. The third-order valence-electron chi connectivity index (χ3n) is 3.42. The van der Waals surface area contributed by atoms with Crippen LogP contribution in [0.5, 0.6) is 0 Å². The first-order valence-corrected chi connectivity index (χ1v) is 7.69. The van der Waals surface area contributed by atoms with E-state index >= 15 is 0 Å². The number of unbranched alkanes of at least 4 members (excludes halogenated alkanes) is 3. The van der Waals surface area contributed by atoms with Crippen LogP contribution in [0.25, 0.3) is 0 Å². The van der Waals surface area contributed by atoms with Crippen LogP contribution in [0, 0.1) is 0 Å². The average molecular weight is 272 g/mol. The smallest absolute Gasteiger partial charge is 0.237 e. The van der Waals surface area contributed by atoms with Crippen LogP contribution in [0.1, 0.15) is 65.7 Å². The molecule has 4 heteroatoms. The monoisotopic (exact) mass is 272 g/mol. The quantitative estimate of drug-likeness (QED) is 0.507. The molecular weight excluding hydrogens is 240 g/mol. The number of nitrogens with one attached hydrogen (secondary N) is 1. The van der Waals surface area contributed by atoms with E-state index in [-0.39, 0.29) is 5.91 Å². The molecule has 0 bridgehead atoms. The van der Waals surface area contributed by atoms with Crippen molar-refractivity contribution >= 4 is 5.91 Å². The Morgan fingerprint density at radius 2 is 1.74 bits per heavy atom. The standard InChI is InChI=1S/C15H32N2O2/c1-4-6-8-12-19-13-9-7-10-15(3,14(16)18)17-11-5-2/h17H,4-13H2,1-3H3,(H2,16,18). The Morgan fingerprint density at radius 3 is 2.26 bits per heavy atom. The van der Waals surface area contributed by atoms with Crippen LogP contribution in [0.4, 0.5) is 0 Å². The molecule has 1 atom stereocenters. The number of carbonyl (C=O) groups excluding carboxylic acids is 1. The molecule has 0 fully saturated rings. The second kappa shape index (κ2) is 11.2. The lowest BCUT2D eigenvalue weighted by Gasteiger charge is -2.27. The zero-order chi connectivity index (χ0) is 14.6. The number of carbonyl (C=O) groups is 1. The average Bonchev–Trinajstić information content (AvgIpc) is 2.39. The van der Waals surface area contributed by atoms with Crippen molar-refractivity contribution in [1.82, 2.24) is 5.32 Å². The van der Waals surface area contributed by atoms with Gasteiger partial charge in [0.15, 0.2) is 0 Å². The van der Waals surface area contributed by atoms with Crippen molar-refractivity contribution < 1.29 is 9.53 Å². The van der Waals surface area contributed by atoms with Crippen LogP contribution in [0.15, 0.2) is 0 Å². The van der Waals surface area contributed by atoms with Crippen molar-refractivity contribution in [2.24, 2.45) is 5.73 Å². The first kappa shape index (κ1) is 18.4. The third-order valence-corrected chi connectivity index (χ3v) is 3.42. The largest absolute Gasteiger partial charge is 0.381 e. The molecule has 3 N–H and O–H groups in total. The number of ether oxygens (including phenoxy) is 1. The molecular formula is C15H32N2O2. The Morgan fingerprint density at radius 1 is 1.11 bits per heavy atom. The van der Waals surface area contributed by atoms with E-state index in [4.69, 9.17) is 10.5 Å². The van der Waals surface area contributed by atoms with Crippen molar-refractivity contribution in [3.8, 4) is 0 Å². The molecule has 4 nitrogen and oxygen atoms in total. The van der Waals surface area contributed by atoms with E-state index in [1.807, 2.05) is 6.92 Å². The Hall–Kier alpha value is -0.610. The van der Waals surface area contributed by atoms with Gasteiger partial charge in [-0.25, -0.2) is 0 Å². The highest BCUT2D eigenvalue weighted by Gasteiger charge is 2.29. The maximum Gasteiger partial charge on any atom is 0.237 e. The van der Waals surface area contributed by atoms with Crippen molar-refractivity contribution in [3.05, 3.63) is 0 Å². The van der Waals surface area contributed by atoms with Crippen LogP contribution in [0.2, 0.25) is 0 Å². The van der Waals surface area contributed by atoms with Gasteiger partial charge < -0.3 is 15.8 Å². The van der Waals surface area contributed by atoms with E-state index in [0.29, 0.717) is 0 Å². The van der Waals surface area contributed by atoms with Gasteiger partial charge in [0.05, 0.1) is 5.54 Å². The fourth-order valence-electron chi connectivity index (χ4n) is 1.94. The molecule has 0 radical (unpaired) electrons. The van der Waals surface area contributed by atoms with Gasteiger partial charge in [0.1, 0.15) is 0 Å². The van der Waals surface area contributed by atoms with Crippen LogP contribution >= 0.6 is 0 Å². The summed E-state index contributed by atoms with van der Waals surface area (Å²) in [7, 11) is 0. The SMILES string of the molecule is CCCCCOCCCCC(C)(NCCC)C(N)=O.